The zero-order valence-electron chi connectivity index (χ0n) is 13.5. The lowest BCUT2D eigenvalue weighted by Gasteiger charge is -2.08. The van der Waals surface area contributed by atoms with E-state index in [0.29, 0.717) is 5.88 Å². The molecule has 2 rings (SSSR count). The average Bonchev–Trinajstić information content (AvgIpc) is 2.54. The number of hydrogen-bond acceptors (Lipinski definition) is 2. The third-order valence-corrected chi connectivity index (χ3v) is 3.30. The van der Waals surface area contributed by atoms with Gasteiger partial charge in [0.05, 0.1) is 11.1 Å². The van der Waals surface area contributed by atoms with E-state index in [1.54, 1.807) is 0 Å². The summed E-state index contributed by atoms with van der Waals surface area (Å²) >= 11 is 0. The summed E-state index contributed by atoms with van der Waals surface area (Å²) in [6.07, 6.45) is 6.49. The van der Waals surface area contributed by atoms with E-state index in [1.807, 2.05) is 18.2 Å². The summed E-state index contributed by atoms with van der Waals surface area (Å²) in [5.74, 6) is 9.89. The van der Waals surface area contributed by atoms with Crippen LogP contribution in [0.2, 0.25) is 0 Å². The molecule has 22 heavy (non-hydrogen) atoms. The molecule has 0 amide bonds. The molecule has 0 radical (unpaired) electrons. The van der Waals surface area contributed by atoms with Gasteiger partial charge in [-0.3, -0.25) is 0 Å². The van der Waals surface area contributed by atoms with Gasteiger partial charge in [0.2, 0.25) is 5.88 Å². The predicted molar refractivity (Wildman–Crippen MR) is 91.6 cm³/mol. The Morgan fingerprint density at radius 1 is 1.05 bits per heavy atom. The van der Waals surface area contributed by atoms with Gasteiger partial charge in [-0.15, -0.1) is 0 Å². The molecule has 112 valence electrons. The summed E-state index contributed by atoms with van der Waals surface area (Å²) in [4.78, 5) is 4.59. The quantitative estimate of drug-likeness (QED) is 0.755. The molecule has 1 aromatic carbocycles. The summed E-state index contributed by atoms with van der Waals surface area (Å²) in [6.45, 7) is 6.27. The average molecular weight is 291 g/mol. The number of aromatic nitrogens is 1. The van der Waals surface area contributed by atoms with E-state index in [-0.39, 0.29) is 0 Å². The smallest absolute Gasteiger partial charge is 0.247 e. The summed E-state index contributed by atoms with van der Waals surface area (Å²) < 4.78 is 5.58. The number of nitrogens with zero attached hydrogens (tertiary/aromatic N) is 1. The fourth-order valence-electron chi connectivity index (χ4n) is 2.11. The molecule has 1 aromatic heterocycles. The van der Waals surface area contributed by atoms with Crippen molar-refractivity contribution < 1.29 is 4.74 Å². The number of pyridine rings is 1. The van der Waals surface area contributed by atoms with Gasteiger partial charge in [0.15, 0.2) is 0 Å². The molecule has 0 atom stereocenters. The van der Waals surface area contributed by atoms with Crippen LogP contribution >= 0.6 is 0 Å². The number of aryl methyl sites for hydroxylation is 1. The zero-order valence-corrected chi connectivity index (χ0v) is 13.5. The highest BCUT2D eigenvalue weighted by molar-refractivity contribution is 5.85. The van der Waals surface area contributed by atoms with Crippen molar-refractivity contribution in [2.24, 2.45) is 0 Å². The molecular weight excluding hydrogens is 270 g/mol. The number of fused-ring (bicyclic) bond motifs is 1. The third-order valence-electron chi connectivity index (χ3n) is 3.30. The molecule has 2 nitrogen and oxygen atoms in total. The second kappa shape index (κ2) is 8.11. The largest absolute Gasteiger partial charge is 0.386 e. The fourth-order valence-corrected chi connectivity index (χ4v) is 2.11. The van der Waals surface area contributed by atoms with Gasteiger partial charge in [-0.05, 0) is 31.4 Å². The van der Waals surface area contributed by atoms with Gasteiger partial charge in [0, 0.05) is 18.2 Å². The topological polar surface area (TPSA) is 22.1 Å². The van der Waals surface area contributed by atoms with Crippen molar-refractivity contribution in [2.45, 2.75) is 46.5 Å². The highest BCUT2D eigenvalue weighted by atomic mass is 16.5. The van der Waals surface area contributed by atoms with Crippen LogP contribution in [-0.4, -0.2) is 4.98 Å². The van der Waals surface area contributed by atoms with E-state index in [4.69, 9.17) is 4.74 Å². The standard InChI is InChI=1S/C20H21NO/c1-4-6-8-13-18-16(3)17-12-9-10-14-19(17)21-20(18)22-15-11-7-5-2/h9-10,12,14H,4-7H2,1-3H3. The summed E-state index contributed by atoms with van der Waals surface area (Å²) in [5, 5.41) is 1.11. The van der Waals surface area contributed by atoms with E-state index in [0.717, 1.165) is 47.7 Å². The number of benzene rings is 1. The fraction of sp³-hybridized carbons (Fsp3) is 0.350. The Kier molecular flexibility index (Phi) is 5.87. The maximum Gasteiger partial charge on any atom is 0.247 e. The molecule has 0 spiro atoms. The van der Waals surface area contributed by atoms with Crippen LogP contribution < -0.4 is 4.74 Å². The molecule has 0 N–H and O–H groups in total. The molecular formula is C20H21NO. The monoisotopic (exact) mass is 291 g/mol. The van der Waals surface area contributed by atoms with Gasteiger partial charge >= 0.3 is 0 Å². The highest BCUT2D eigenvalue weighted by Gasteiger charge is 2.11. The molecule has 0 unspecified atom stereocenters. The third kappa shape index (κ3) is 3.80. The van der Waals surface area contributed by atoms with E-state index in [2.05, 4.69) is 55.7 Å². The summed E-state index contributed by atoms with van der Waals surface area (Å²) in [6, 6.07) is 8.04. The van der Waals surface area contributed by atoms with Crippen LogP contribution in [0.5, 0.6) is 5.88 Å². The van der Waals surface area contributed by atoms with Crippen LogP contribution in [0, 0.1) is 30.8 Å². The number of hydrogen-bond donors (Lipinski definition) is 0. The molecule has 0 saturated carbocycles. The van der Waals surface area contributed by atoms with Crippen molar-refractivity contribution >= 4 is 10.9 Å². The van der Waals surface area contributed by atoms with E-state index in [9.17, 15) is 0 Å². The van der Waals surface area contributed by atoms with Gasteiger partial charge < -0.3 is 4.74 Å². The van der Waals surface area contributed by atoms with Crippen molar-refractivity contribution in [2.75, 3.05) is 0 Å². The number of para-hydroxylation sites is 1. The predicted octanol–water partition coefficient (Wildman–Crippen LogP) is 4.83. The first-order valence-corrected chi connectivity index (χ1v) is 7.80. The van der Waals surface area contributed by atoms with Crippen LogP contribution in [0.25, 0.3) is 10.9 Å². The first-order chi connectivity index (χ1) is 10.8. The maximum absolute atomic E-state index is 5.58. The van der Waals surface area contributed by atoms with Crippen molar-refractivity contribution in [3.05, 3.63) is 35.4 Å². The zero-order chi connectivity index (χ0) is 15.8. The lowest BCUT2D eigenvalue weighted by molar-refractivity contribution is 0.497. The Labute approximate surface area is 132 Å². The maximum atomic E-state index is 5.58. The molecule has 0 fully saturated rings. The van der Waals surface area contributed by atoms with Crippen LogP contribution in [0.3, 0.4) is 0 Å². The van der Waals surface area contributed by atoms with Gasteiger partial charge in [-0.25, -0.2) is 4.98 Å². The lowest BCUT2D eigenvalue weighted by Crippen LogP contribution is -1.97. The molecule has 2 heteroatoms. The minimum Gasteiger partial charge on any atom is -0.386 e. The van der Waals surface area contributed by atoms with Crippen molar-refractivity contribution in [3.8, 4) is 29.7 Å². The Morgan fingerprint density at radius 3 is 2.55 bits per heavy atom. The van der Waals surface area contributed by atoms with E-state index < -0.39 is 0 Å². The normalized spacial score (nSPS) is 9.59. The molecule has 0 saturated heterocycles. The van der Waals surface area contributed by atoms with E-state index >= 15 is 0 Å². The minimum absolute atomic E-state index is 0.517. The first kappa shape index (κ1) is 15.9. The Balaban J connectivity index is 2.49. The van der Waals surface area contributed by atoms with Gasteiger partial charge in [0.1, 0.15) is 6.11 Å². The molecule has 2 aromatic rings. The van der Waals surface area contributed by atoms with Gasteiger partial charge in [-0.1, -0.05) is 49.8 Å². The first-order valence-electron chi connectivity index (χ1n) is 7.80. The Morgan fingerprint density at radius 2 is 1.77 bits per heavy atom. The second-order valence-electron chi connectivity index (χ2n) is 5.12. The Hall–Kier alpha value is -2.45. The molecule has 1 heterocycles. The van der Waals surface area contributed by atoms with Crippen molar-refractivity contribution in [1.29, 1.82) is 0 Å². The summed E-state index contributed by atoms with van der Waals surface area (Å²) in [7, 11) is 0. The second-order valence-corrected chi connectivity index (χ2v) is 5.12. The highest BCUT2D eigenvalue weighted by Crippen LogP contribution is 2.26. The van der Waals surface area contributed by atoms with Crippen LogP contribution in [-0.2, 0) is 0 Å². The SMILES string of the molecule is CCCC#COc1nc2ccccc2c(C)c1C#CCCC. The summed E-state index contributed by atoms with van der Waals surface area (Å²) in [5.41, 5.74) is 2.85. The number of ether oxygens (including phenoxy) is 1. The number of rotatable bonds is 3. The molecule has 0 aliphatic rings. The van der Waals surface area contributed by atoms with Crippen molar-refractivity contribution in [3.63, 3.8) is 0 Å². The molecule has 0 aliphatic heterocycles. The van der Waals surface area contributed by atoms with Gasteiger partial charge in [0.25, 0.3) is 0 Å². The van der Waals surface area contributed by atoms with Crippen LogP contribution in [0.1, 0.15) is 50.7 Å². The van der Waals surface area contributed by atoms with Crippen molar-refractivity contribution in [1.82, 2.24) is 4.98 Å². The molecule has 0 bridgehead atoms. The minimum atomic E-state index is 0.517. The van der Waals surface area contributed by atoms with E-state index in [1.165, 1.54) is 0 Å². The van der Waals surface area contributed by atoms with Gasteiger partial charge in [-0.2, -0.15) is 0 Å². The number of unbranched alkanes of at least 4 members (excludes halogenated alkanes) is 2. The van der Waals surface area contributed by atoms with Crippen LogP contribution in [0.15, 0.2) is 24.3 Å². The molecule has 0 aliphatic carbocycles. The Bertz CT molecular complexity index is 769. The lowest BCUT2D eigenvalue weighted by atomic mass is 10.0. The van der Waals surface area contributed by atoms with Crippen LogP contribution in [0.4, 0.5) is 0 Å².